The number of ketones is 1. The average molecular weight is 375 g/mol. The lowest BCUT2D eigenvalue weighted by molar-refractivity contribution is -0.142. The molecule has 4 aliphatic carbocycles. The van der Waals surface area contributed by atoms with Crippen molar-refractivity contribution in [1.29, 1.82) is 5.26 Å². The monoisotopic (exact) mass is 374 g/mol. The summed E-state index contributed by atoms with van der Waals surface area (Å²) in [5.74, 6) is 2.76. The van der Waals surface area contributed by atoms with Crippen molar-refractivity contribution < 1.29 is 4.79 Å². The Balaban J connectivity index is 1.49. The van der Waals surface area contributed by atoms with Crippen molar-refractivity contribution >= 4 is 11.5 Å². The quantitative estimate of drug-likeness (QED) is 0.733. The standard InChI is InChI=1S/C25H30N2O/c1-15-4-19-13-24(2,3)27-22(21(19)8-20(15)14-26)9-23(28)25-10-16-5-17(11-25)7-18(6-16)12-25/h4,8,16-18H,5-7,9-13H2,1-3H3. The predicted molar refractivity (Wildman–Crippen MR) is 110 cm³/mol. The van der Waals surface area contributed by atoms with E-state index in [4.69, 9.17) is 4.99 Å². The van der Waals surface area contributed by atoms with Crippen molar-refractivity contribution in [3.05, 3.63) is 34.4 Å². The Morgan fingerprint density at radius 2 is 1.75 bits per heavy atom. The molecule has 0 aromatic heterocycles. The zero-order valence-electron chi connectivity index (χ0n) is 17.3. The summed E-state index contributed by atoms with van der Waals surface area (Å²) in [6.45, 7) is 6.30. The molecule has 1 heterocycles. The van der Waals surface area contributed by atoms with E-state index in [-0.39, 0.29) is 11.0 Å². The third-order valence-electron chi connectivity index (χ3n) is 7.90. The highest BCUT2D eigenvalue weighted by Crippen LogP contribution is 2.60. The first-order valence-electron chi connectivity index (χ1n) is 10.9. The van der Waals surface area contributed by atoms with Crippen molar-refractivity contribution in [2.45, 2.75) is 77.7 Å². The van der Waals surface area contributed by atoms with Gasteiger partial charge in [-0.1, -0.05) is 6.07 Å². The van der Waals surface area contributed by atoms with Gasteiger partial charge in [-0.15, -0.1) is 0 Å². The minimum atomic E-state index is -0.190. The third-order valence-corrected chi connectivity index (χ3v) is 7.90. The van der Waals surface area contributed by atoms with E-state index >= 15 is 0 Å². The van der Waals surface area contributed by atoms with Crippen molar-refractivity contribution in [2.75, 3.05) is 0 Å². The highest BCUT2D eigenvalue weighted by atomic mass is 16.1. The van der Waals surface area contributed by atoms with Crippen LogP contribution in [0.2, 0.25) is 0 Å². The van der Waals surface area contributed by atoms with Crippen LogP contribution in [-0.2, 0) is 11.2 Å². The molecule has 0 atom stereocenters. The van der Waals surface area contributed by atoms with E-state index in [1.165, 1.54) is 24.8 Å². The molecule has 4 fully saturated rings. The largest absolute Gasteiger partial charge is 0.299 e. The van der Waals surface area contributed by atoms with Gasteiger partial charge in [0.2, 0.25) is 0 Å². The molecule has 28 heavy (non-hydrogen) atoms. The third kappa shape index (κ3) is 2.84. The topological polar surface area (TPSA) is 53.2 Å². The van der Waals surface area contributed by atoms with E-state index < -0.39 is 0 Å². The van der Waals surface area contributed by atoms with Crippen LogP contribution in [0, 0.1) is 41.4 Å². The molecule has 146 valence electrons. The Bertz CT molecular complexity index is 895. The second-order valence-electron chi connectivity index (χ2n) is 10.8. The molecular weight excluding hydrogens is 344 g/mol. The van der Waals surface area contributed by atoms with Gasteiger partial charge in [-0.05, 0) is 101 Å². The number of rotatable bonds is 3. The number of nitriles is 1. The van der Waals surface area contributed by atoms with Crippen LogP contribution < -0.4 is 0 Å². The number of Topliss-reactive ketones (excluding diaryl/α,β-unsaturated/α-hetero) is 1. The maximum Gasteiger partial charge on any atom is 0.145 e. The molecule has 1 aromatic carbocycles. The normalized spacial score (nSPS) is 34.5. The smallest absolute Gasteiger partial charge is 0.145 e. The molecule has 0 spiro atoms. The van der Waals surface area contributed by atoms with E-state index in [9.17, 15) is 10.1 Å². The maximum absolute atomic E-state index is 13.7. The molecule has 1 aromatic rings. The Hall–Kier alpha value is -1.95. The van der Waals surface area contributed by atoms with Gasteiger partial charge in [0.05, 0.1) is 22.9 Å². The van der Waals surface area contributed by atoms with Gasteiger partial charge in [-0.3, -0.25) is 9.79 Å². The number of aryl methyl sites for hydroxylation is 1. The number of hydrogen-bond donors (Lipinski definition) is 0. The highest BCUT2D eigenvalue weighted by molar-refractivity contribution is 6.14. The van der Waals surface area contributed by atoms with E-state index in [1.54, 1.807) is 0 Å². The molecule has 0 unspecified atom stereocenters. The van der Waals surface area contributed by atoms with E-state index in [1.807, 2.05) is 13.0 Å². The number of hydrogen-bond acceptors (Lipinski definition) is 3. The minimum absolute atomic E-state index is 0.0816. The second-order valence-corrected chi connectivity index (χ2v) is 10.8. The Labute approximate surface area is 168 Å². The summed E-state index contributed by atoms with van der Waals surface area (Å²) >= 11 is 0. The minimum Gasteiger partial charge on any atom is -0.299 e. The van der Waals surface area contributed by atoms with Gasteiger partial charge in [0.1, 0.15) is 5.78 Å². The summed E-state index contributed by atoms with van der Waals surface area (Å²) in [7, 11) is 0. The molecule has 0 radical (unpaired) electrons. The number of benzene rings is 1. The Morgan fingerprint density at radius 1 is 1.14 bits per heavy atom. The van der Waals surface area contributed by atoms with Crippen LogP contribution in [0.5, 0.6) is 0 Å². The molecular formula is C25H30N2O. The number of nitrogens with zero attached hydrogens (tertiary/aromatic N) is 2. The molecule has 4 saturated carbocycles. The maximum atomic E-state index is 13.7. The molecule has 0 saturated heterocycles. The summed E-state index contributed by atoms with van der Waals surface area (Å²) in [6, 6.07) is 6.42. The molecule has 3 nitrogen and oxygen atoms in total. The summed E-state index contributed by atoms with van der Waals surface area (Å²) in [5, 5.41) is 9.49. The van der Waals surface area contributed by atoms with Gasteiger partial charge < -0.3 is 0 Å². The number of carbonyl (C=O) groups is 1. The van der Waals surface area contributed by atoms with Gasteiger partial charge in [0, 0.05) is 17.4 Å². The SMILES string of the molecule is Cc1cc2c(cc1C#N)C(CC(=O)C13CC4CC(CC(C4)C1)C3)=NC(C)(C)C2. The molecule has 6 rings (SSSR count). The molecule has 4 bridgehead atoms. The van der Waals surface area contributed by atoms with E-state index in [2.05, 4.69) is 26.0 Å². The Morgan fingerprint density at radius 3 is 2.32 bits per heavy atom. The highest BCUT2D eigenvalue weighted by Gasteiger charge is 2.54. The van der Waals surface area contributed by atoms with E-state index in [0.29, 0.717) is 17.8 Å². The molecule has 0 amide bonds. The van der Waals surface area contributed by atoms with Gasteiger partial charge in [-0.2, -0.15) is 5.26 Å². The molecule has 5 aliphatic rings. The van der Waals surface area contributed by atoms with Crippen LogP contribution in [0.3, 0.4) is 0 Å². The van der Waals surface area contributed by atoms with Gasteiger partial charge in [0.15, 0.2) is 0 Å². The molecule has 3 heteroatoms. The first kappa shape index (κ1) is 18.1. The van der Waals surface area contributed by atoms with Crippen molar-refractivity contribution in [3.63, 3.8) is 0 Å². The fraction of sp³-hybridized carbons (Fsp3) is 0.640. The molecule has 0 N–H and O–H groups in total. The number of aliphatic imine (C=N–C) groups is 1. The fourth-order valence-electron chi connectivity index (χ4n) is 7.16. The van der Waals surface area contributed by atoms with Gasteiger partial charge in [-0.25, -0.2) is 0 Å². The van der Waals surface area contributed by atoms with Crippen LogP contribution in [0.15, 0.2) is 17.1 Å². The summed E-state index contributed by atoms with van der Waals surface area (Å²) in [6.07, 6.45) is 8.70. The van der Waals surface area contributed by atoms with Crippen molar-refractivity contribution in [3.8, 4) is 6.07 Å². The number of carbonyl (C=O) groups excluding carboxylic acids is 1. The first-order chi connectivity index (χ1) is 13.3. The molecule has 1 aliphatic heterocycles. The Kier molecular flexibility index (Phi) is 3.89. The lowest BCUT2D eigenvalue weighted by Gasteiger charge is -2.56. The zero-order valence-corrected chi connectivity index (χ0v) is 17.3. The van der Waals surface area contributed by atoms with Crippen molar-refractivity contribution in [1.82, 2.24) is 0 Å². The predicted octanol–water partition coefficient (Wildman–Crippen LogP) is 5.17. The van der Waals surface area contributed by atoms with Crippen LogP contribution >= 0.6 is 0 Å². The summed E-state index contributed by atoms with van der Waals surface area (Å²) in [5.41, 5.74) is 4.65. The zero-order chi connectivity index (χ0) is 19.7. The summed E-state index contributed by atoms with van der Waals surface area (Å²) in [4.78, 5) is 18.7. The van der Waals surface area contributed by atoms with Gasteiger partial charge in [0.25, 0.3) is 0 Å². The fourth-order valence-corrected chi connectivity index (χ4v) is 7.16. The lowest BCUT2D eigenvalue weighted by atomic mass is 9.48. The second kappa shape index (κ2) is 6.02. The average Bonchev–Trinajstić information content (AvgIpc) is 2.59. The van der Waals surface area contributed by atoms with Crippen molar-refractivity contribution in [2.24, 2.45) is 28.2 Å². The summed E-state index contributed by atoms with van der Waals surface area (Å²) < 4.78 is 0. The van der Waals surface area contributed by atoms with Crippen LogP contribution in [-0.4, -0.2) is 17.0 Å². The van der Waals surface area contributed by atoms with Crippen LogP contribution in [0.1, 0.15) is 81.0 Å². The first-order valence-corrected chi connectivity index (χ1v) is 10.9. The number of fused-ring (bicyclic) bond motifs is 1. The van der Waals surface area contributed by atoms with Crippen LogP contribution in [0.4, 0.5) is 0 Å². The van der Waals surface area contributed by atoms with Gasteiger partial charge >= 0.3 is 0 Å². The van der Waals surface area contributed by atoms with E-state index in [0.717, 1.165) is 60.3 Å². The lowest BCUT2D eigenvalue weighted by Crippen LogP contribution is -2.50. The van der Waals surface area contributed by atoms with Crippen LogP contribution in [0.25, 0.3) is 0 Å².